The summed E-state index contributed by atoms with van der Waals surface area (Å²) in [5.41, 5.74) is 3.67. The Labute approximate surface area is 325 Å². The van der Waals surface area contributed by atoms with E-state index in [1.165, 1.54) is 11.1 Å². The summed E-state index contributed by atoms with van der Waals surface area (Å²) < 4.78 is 31.2. The SMILES string of the molecule is C=S1NC(=O)c2ccc3c(c2)N(CC(c2ccc(Cl)cc2CCC)CO3)CC2CCC2C(CN2CCCC(F)CCNCC2)(OC)/C=C/CC(C)C1C. The van der Waals surface area contributed by atoms with E-state index < -0.39 is 22.4 Å². The second-order valence-electron chi connectivity index (χ2n) is 16.0. The van der Waals surface area contributed by atoms with Crippen molar-refractivity contribution in [3.63, 3.8) is 0 Å². The van der Waals surface area contributed by atoms with Crippen LogP contribution in [0.5, 0.6) is 5.75 Å². The first-order chi connectivity index (χ1) is 25.6. The molecule has 2 aromatic rings. The number of halogens is 2. The number of carbonyl (C=O) groups is 1. The molecular formula is C43H62ClFN4O3S. The molecule has 8 atom stereocenters. The lowest BCUT2D eigenvalue weighted by Crippen LogP contribution is -2.57. The molecule has 0 radical (unpaired) electrons. The molecule has 2 fully saturated rings. The highest BCUT2D eigenvalue weighted by Crippen LogP contribution is 2.47. The van der Waals surface area contributed by atoms with Gasteiger partial charge < -0.3 is 24.4 Å². The fourth-order valence-corrected chi connectivity index (χ4v) is 10.3. The number of ether oxygens (including phenoxy) is 2. The number of alkyl halides is 1. The third kappa shape index (κ3) is 9.69. The van der Waals surface area contributed by atoms with Crippen molar-refractivity contribution in [2.45, 2.75) is 95.1 Å². The average Bonchev–Trinajstić information content (AvgIpc) is 3.31. The second kappa shape index (κ2) is 18.5. The van der Waals surface area contributed by atoms with E-state index in [1.807, 2.05) is 31.4 Å². The van der Waals surface area contributed by atoms with Gasteiger partial charge in [0.1, 0.15) is 17.5 Å². The number of nitrogens with one attached hydrogen (secondary N) is 2. The lowest BCUT2D eigenvalue weighted by Gasteiger charge is -2.51. The molecule has 4 aliphatic rings. The molecule has 2 N–H and O–H groups in total. The summed E-state index contributed by atoms with van der Waals surface area (Å²) in [5.74, 6) is 6.25. The Bertz CT molecular complexity index is 1610. The fraction of sp³-hybridized carbons (Fsp3) is 0.628. The van der Waals surface area contributed by atoms with Crippen molar-refractivity contribution in [3.05, 3.63) is 70.3 Å². The number of amides is 1. The smallest absolute Gasteiger partial charge is 0.260 e. The summed E-state index contributed by atoms with van der Waals surface area (Å²) in [7, 11) is 1.31. The van der Waals surface area contributed by atoms with E-state index in [1.54, 1.807) is 0 Å². The van der Waals surface area contributed by atoms with Gasteiger partial charge in [-0.3, -0.25) is 9.69 Å². The summed E-state index contributed by atoms with van der Waals surface area (Å²) in [6.07, 6.45) is 11.0. The predicted molar refractivity (Wildman–Crippen MR) is 221 cm³/mol. The first-order valence-electron chi connectivity index (χ1n) is 20.0. The largest absolute Gasteiger partial charge is 0.491 e. The molecule has 7 nitrogen and oxygen atoms in total. The topological polar surface area (TPSA) is 66.1 Å². The zero-order valence-corrected chi connectivity index (χ0v) is 34.0. The molecule has 53 heavy (non-hydrogen) atoms. The average molecular weight is 770 g/mol. The monoisotopic (exact) mass is 768 g/mol. The number of nitrogens with zero attached hydrogens (tertiary/aromatic N) is 2. The van der Waals surface area contributed by atoms with Crippen molar-refractivity contribution >= 4 is 39.7 Å². The van der Waals surface area contributed by atoms with E-state index >= 15 is 0 Å². The lowest BCUT2D eigenvalue weighted by molar-refractivity contribution is -0.0916. The van der Waals surface area contributed by atoms with Gasteiger partial charge in [-0.05, 0) is 117 Å². The van der Waals surface area contributed by atoms with Gasteiger partial charge in [-0.2, -0.15) is 0 Å². The number of hydrogen-bond acceptors (Lipinski definition) is 6. The van der Waals surface area contributed by atoms with Crippen LogP contribution in [-0.4, -0.2) is 93.2 Å². The minimum Gasteiger partial charge on any atom is -0.491 e. The summed E-state index contributed by atoms with van der Waals surface area (Å²) in [6.45, 7) is 12.9. The highest BCUT2D eigenvalue weighted by atomic mass is 35.5. The fourth-order valence-electron chi connectivity index (χ4n) is 8.89. The molecule has 0 spiro atoms. The zero-order chi connectivity index (χ0) is 37.5. The van der Waals surface area contributed by atoms with Crippen LogP contribution in [0.25, 0.3) is 0 Å². The molecule has 292 valence electrons. The Morgan fingerprint density at radius 2 is 1.94 bits per heavy atom. The van der Waals surface area contributed by atoms with Gasteiger partial charge >= 0.3 is 0 Å². The molecule has 3 heterocycles. The highest BCUT2D eigenvalue weighted by Gasteiger charge is 2.48. The van der Waals surface area contributed by atoms with E-state index in [0.717, 1.165) is 101 Å². The first-order valence-corrected chi connectivity index (χ1v) is 21.9. The number of benzene rings is 2. The molecule has 1 aliphatic carbocycles. The molecule has 8 unspecified atom stereocenters. The molecule has 2 bridgehead atoms. The van der Waals surface area contributed by atoms with Gasteiger partial charge in [-0.25, -0.2) is 4.39 Å². The van der Waals surface area contributed by atoms with Crippen LogP contribution in [-0.2, 0) is 11.2 Å². The first kappa shape index (κ1) is 40.2. The number of carbonyl (C=O) groups excluding carboxylic acids is 1. The summed E-state index contributed by atoms with van der Waals surface area (Å²) >= 11 is 6.52. The van der Waals surface area contributed by atoms with Crippen LogP contribution in [0, 0.1) is 17.8 Å². The Morgan fingerprint density at radius 1 is 1.09 bits per heavy atom. The minimum atomic E-state index is -0.751. The van der Waals surface area contributed by atoms with Gasteiger partial charge in [0.2, 0.25) is 0 Å². The quantitative estimate of drug-likeness (QED) is 0.227. The van der Waals surface area contributed by atoms with E-state index in [9.17, 15) is 9.18 Å². The molecule has 2 aromatic carbocycles. The molecule has 6 rings (SSSR count). The molecule has 3 aliphatic heterocycles. The van der Waals surface area contributed by atoms with E-state index in [0.29, 0.717) is 42.8 Å². The summed E-state index contributed by atoms with van der Waals surface area (Å²) in [5, 5.41) is 4.43. The molecule has 10 heteroatoms. The Hall–Kier alpha value is -2.43. The minimum absolute atomic E-state index is 0.0928. The maximum Gasteiger partial charge on any atom is 0.260 e. The molecule has 1 saturated carbocycles. The number of anilines is 1. The zero-order valence-electron chi connectivity index (χ0n) is 32.4. The highest BCUT2D eigenvalue weighted by molar-refractivity contribution is 8.13. The Balaban J connectivity index is 1.38. The standard InChI is InChI=1S/C43H62ClFN4O3S/c1-6-9-32-24-36(44)14-15-38(32)35-27-49-26-34-12-16-39(34)43(51-4,29-48-22-8-11-37(45)18-20-46-21-23-48)19-7-10-30(2)31(3)53(5)47-42(50)33-13-17-41(52-28-35)40(49)25-33/h7,13-15,17,19,24-25,30-31,34-35,37,39,46H,5-6,8-12,16,18,20-23,26-29H2,1-4H3,(H,47,50)/b19-7+. The molecular weight excluding hydrogens is 707 g/mol. The molecule has 0 aromatic heterocycles. The van der Waals surface area contributed by atoms with Crippen molar-refractivity contribution in [2.75, 3.05) is 64.4 Å². The number of allylic oxidation sites excluding steroid dienone is 1. The predicted octanol–water partition coefficient (Wildman–Crippen LogP) is 8.43. The lowest BCUT2D eigenvalue weighted by atomic mass is 9.63. The van der Waals surface area contributed by atoms with E-state index in [-0.39, 0.29) is 17.1 Å². The van der Waals surface area contributed by atoms with Gasteiger partial charge in [-0.1, -0.05) is 73.6 Å². The third-order valence-electron chi connectivity index (χ3n) is 12.5. The van der Waals surface area contributed by atoms with Gasteiger partial charge in [0, 0.05) is 61.6 Å². The van der Waals surface area contributed by atoms with Crippen molar-refractivity contribution in [3.8, 4) is 5.75 Å². The van der Waals surface area contributed by atoms with Crippen molar-refractivity contribution in [1.82, 2.24) is 14.9 Å². The number of methoxy groups -OCH3 is 1. The molecule has 1 amide bonds. The summed E-state index contributed by atoms with van der Waals surface area (Å²) in [4.78, 5) is 18.7. The van der Waals surface area contributed by atoms with Crippen molar-refractivity contribution < 1.29 is 18.7 Å². The van der Waals surface area contributed by atoms with Gasteiger partial charge in [0.05, 0.1) is 12.3 Å². The maximum atomic E-state index is 14.6. The second-order valence-corrected chi connectivity index (χ2v) is 18.3. The van der Waals surface area contributed by atoms with Crippen molar-refractivity contribution in [1.29, 1.82) is 0 Å². The van der Waals surface area contributed by atoms with Gasteiger partial charge in [0.15, 0.2) is 0 Å². The number of fused-ring (bicyclic) bond motifs is 2. The maximum absolute atomic E-state index is 14.6. The number of aryl methyl sites for hydroxylation is 1. The molecule has 1 saturated heterocycles. The number of rotatable bonds is 6. The Kier molecular flexibility index (Phi) is 14.0. The van der Waals surface area contributed by atoms with Gasteiger partial charge in [-0.15, -0.1) is 0 Å². The van der Waals surface area contributed by atoms with Crippen LogP contribution in [0.4, 0.5) is 10.1 Å². The van der Waals surface area contributed by atoms with E-state index in [4.69, 9.17) is 21.1 Å². The summed E-state index contributed by atoms with van der Waals surface area (Å²) in [6, 6.07) is 12.2. The third-order valence-corrected chi connectivity index (χ3v) is 14.5. The van der Waals surface area contributed by atoms with Crippen LogP contribution in [0.15, 0.2) is 48.6 Å². The number of hydrogen-bond donors (Lipinski definition) is 2. The Morgan fingerprint density at radius 3 is 2.72 bits per heavy atom. The van der Waals surface area contributed by atoms with Crippen LogP contribution < -0.4 is 19.7 Å². The van der Waals surface area contributed by atoms with Crippen LogP contribution in [0.3, 0.4) is 0 Å². The van der Waals surface area contributed by atoms with Crippen LogP contribution in [0.2, 0.25) is 5.02 Å². The normalized spacial score (nSPS) is 32.7. The van der Waals surface area contributed by atoms with Crippen molar-refractivity contribution in [2.24, 2.45) is 17.8 Å². The van der Waals surface area contributed by atoms with Crippen LogP contribution in [0.1, 0.15) is 93.1 Å². The van der Waals surface area contributed by atoms with E-state index in [2.05, 4.69) is 70.8 Å². The van der Waals surface area contributed by atoms with Crippen LogP contribution >= 0.6 is 22.3 Å². The van der Waals surface area contributed by atoms with Gasteiger partial charge in [0.25, 0.3) is 5.91 Å².